The predicted molar refractivity (Wildman–Crippen MR) is 79.4 cm³/mol. The molecular weight excluding hydrogens is 270 g/mol. The molecule has 0 N–H and O–H groups in total. The van der Waals surface area contributed by atoms with Gasteiger partial charge in [0.2, 0.25) is 0 Å². The van der Waals surface area contributed by atoms with Crippen molar-refractivity contribution in [3.05, 3.63) is 28.7 Å². The van der Waals surface area contributed by atoms with E-state index in [9.17, 15) is 9.59 Å². The number of nitrogens with zero attached hydrogens (tertiary/aromatic N) is 1. The minimum Gasteiger partial charge on any atom is -0.488 e. The molecule has 0 spiro atoms. The summed E-state index contributed by atoms with van der Waals surface area (Å²) >= 11 is 0. The Morgan fingerprint density at radius 1 is 1.33 bits per heavy atom. The highest BCUT2D eigenvalue weighted by Crippen LogP contribution is 2.25. The van der Waals surface area contributed by atoms with Gasteiger partial charge in [0.25, 0.3) is 5.56 Å². The fraction of sp³-hybridized carbons (Fsp3) is 0.625. The third-order valence-electron chi connectivity index (χ3n) is 3.85. The maximum atomic E-state index is 12.1. The second kappa shape index (κ2) is 7.29. The largest absolute Gasteiger partial charge is 0.488 e. The van der Waals surface area contributed by atoms with Crippen LogP contribution in [0.3, 0.4) is 0 Å². The van der Waals surface area contributed by atoms with Crippen LogP contribution in [0.2, 0.25) is 0 Å². The smallest absolute Gasteiger partial charge is 0.326 e. The second-order valence-electron chi connectivity index (χ2n) is 5.61. The first-order valence-corrected chi connectivity index (χ1v) is 7.62. The summed E-state index contributed by atoms with van der Waals surface area (Å²) in [6, 6.07) is 3.30. The number of hydrogen-bond acceptors (Lipinski definition) is 4. The average Bonchev–Trinajstić information content (AvgIpc) is 2.46. The summed E-state index contributed by atoms with van der Waals surface area (Å²) in [5.41, 5.74) is -0.298. The number of pyridine rings is 1. The van der Waals surface area contributed by atoms with Crippen molar-refractivity contribution in [3.8, 4) is 5.75 Å². The molecular formula is C16H23NO4. The topological polar surface area (TPSA) is 57.5 Å². The molecule has 0 bridgehead atoms. The van der Waals surface area contributed by atoms with Gasteiger partial charge in [0.1, 0.15) is 12.6 Å². The summed E-state index contributed by atoms with van der Waals surface area (Å²) in [5.74, 6) is 0.620. The van der Waals surface area contributed by atoms with Gasteiger partial charge >= 0.3 is 5.97 Å². The second-order valence-corrected chi connectivity index (χ2v) is 5.61. The van der Waals surface area contributed by atoms with E-state index >= 15 is 0 Å². The molecule has 1 aromatic rings. The molecule has 0 unspecified atom stereocenters. The molecule has 0 saturated heterocycles. The van der Waals surface area contributed by atoms with Crippen LogP contribution in [0.25, 0.3) is 0 Å². The van der Waals surface area contributed by atoms with Crippen LogP contribution >= 0.6 is 0 Å². The van der Waals surface area contributed by atoms with Crippen molar-refractivity contribution in [2.45, 2.75) is 52.2 Å². The summed E-state index contributed by atoms with van der Waals surface area (Å²) in [4.78, 5) is 24.0. The lowest BCUT2D eigenvalue weighted by molar-refractivity contribution is -0.151. The van der Waals surface area contributed by atoms with E-state index in [4.69, 9.17) is 9.47 Å². The molecule has 1 aliphatic rings. The summed E-state index contributed by atoms with van der Waals surface area (Å²) in [7, 11) is 0. The van der Waals surface area contributed by atoms with Gasteiger partial charge in [-0.05, 0) is 50.7 Å². The SMILES string of the molecule is CCOc1cccn(CC(=O)OC2CCC(C)CC2)c1=O. The zero-order valence-electron chi connectivity index (χ0n) is 12.7. The van der Waals surface area contributed by atoms with Crippen LogP contribution in [0, 0.1) is 5.92 Å². The van der Waals surface area contributed by atoms with Crippen molar-refractivity contribution in [2.75, 3.05) is 6.61 Å². The van der Waals surface area contributed by atoms with E-state index in [1.165, 1.54) is 4.57 Å². The van der Waals surface area contributed by atoms with Crippen LogP contribution in [0.15, 0.2) is 23.1 Å². The standard InChI is InChI=1S/C16H23NO4/c1-3-20-14-5-4-10-17(16(14)19)11-15(18)21-13-8-6-12(2)7-9-13/h4-5,10,12-13H,3,6-9,11H2,1-2H3. The highest BCUT2D eigenvalue weighted by molar-refractivity contribution is 5.69. The third-order valence-corrected chi connectivity index (χ3v) is 3.85. The van der Waals surface area contributed by atoms with Gasteiger partial charge in [-0.25, -0.2) is 0 Å². The van der Waals surface area contributed by atoms with E-state index in [0.717, 1.165) is 25.7 Å². The molecule has 5 heteroatoms. The van der Waals surface area contributed by atoms with E-state index in [2.05, 4.69) is 6.92 Å². The zero-order valence-corrected chi connectivity index (χ0v) is 12.7. The number of aromatic nitrogens is 1. The number of rotatable bonds is 5. The third kappa shape index (κ3) is 4.34. The highest BCUT2D eigenvalue weighted by atomic mass is 16.5. The molecule has 0 aromatic carbocycles. The lowest BCUT2D eigenvalue weighted by Crippen LogP contribution is -2.29. The van der Waals surface area contributed by atoms with Crippen LogP contribution in [-0.2, 0) is 16.1 Å². The Balaban J connectivity index is 1.93. The van der Waals surface area contributed by atoms with Crippen molar-refractivity contribution in [1.82, 2.24) is 4.57 Å². The molecule has 21 heavy (non-hydrogen) atoms. The Labute approximate surface area is 124 Å². The van der Waals surface area contributed by atoms with Crippen LogP contribution in [0.1, 0.15) is 39.5 Å². The molecule has 0 radical (unpaired) electrons. The van der Waals surface area contributed by atoms with Gasteiger partial charge < -0.3 is 14.0 Å². The summed E-state index contributed by atoms with van der Waals surface area (Å²) in [6.45, 7) is 4.39. The average molecular weight is 293 g/mol. The first kappa shape index (κ1) is 15.6. The maximum absolute atomic E-state index is 12.1. The molecule has 116 valence electrons. The zero-order chi connectivity index (χ0) is 15.2. The van der Waals surface area contributed by atoms with Crippen molar-refractivity contribution < 1.29 is 14.3 Å². The Morgan fingerprint density at radius 3 is 2.71 bits per heavy atom. The van der Waals surface area contributed by atoms with E-state index in [1.54, 1.807) is 18.3 Å². The van der Waals surface area contributed by atoms with Crippen LogP contribution in [-0.4, -0.2) is 23.2 Å². The van der Waals surface area contributed by atoms with E-state index in [0.29, 0.717) is 12.5 Å². The van der Waals surface area contributed by atoms with Gasteiger partial charge in [-0.3, -0.25) is 9.59 Å². The molecule has 1 aromatic heterocycles. The number of esters is 1. The molecule has 1 fully saturated rings. The summed E-state index contributed by atoms with van der Waals surface area (Å²) in [6.07, 6.45) is 5.60. The molecule has 1 heterocycles. The van der Waals surface area contributed by atoms with E-state index in [1.807, 2.05) is 6.92 Å². The Bertz CT molecular complexity index is 529. The maximum Gasteiger partial charge on any atom is 0.326 e. The minimum atomic E-state index is -0.356. The molecule has 1 saturated carbocycles. The molecule has 2 rings (SSSR count). The number of ether oxygens (including phenoxy) is 2. The minimum absolute atomic E-state index is 0.000485. The molecule has 0 amide bonds. The fourth-order valence-electron chi connectivity index (χ4n) is 2.61. The molecule has 1 aliphatic carbocycles. The summed E-state index contributed by atoms with van der Waals surface area (Å²) in [5, 5.41) is 0. The van der Waals surface area contributed by atoms with Crippen molar-refractivity contribution in [2.24, 2.45) is 5.92 Å². The quantitative estimate of drug-likeness (QED) is 0.782. The van der Waals surface area contributed by atoms with Crippen molar-refractivity contribution in [1.29, 1.82) is 0 Å². The normalized spacial score (nSPS) is 21.8. The summed E-state index contributed by atoms with van der Waals surface area (Å²) < 4.78 is 12.0. The molecule has 5 nitrogen and oxygen atoms in total. The number of carbonyl (C=O) groups is 1. The van der Waals surface area contributed by atoms with Gasteiger partial charge in [-0.1, -0.05) is 6.92 Å². The Kier molecular flexibility index (Phi) is 5.42. The fourth-order valence-corrected chi connectivity index (χ4v) is 2.61. The van der Waals surface area contributed by atoms with Crippen LogP contribution in [0.4, 0.5) is 0 Å². The van der Waals surface area contributed by atoms with Gasteiger partial charge in [0.05, 0.1) is 6.61 Å². The first-order valence-electron chi connectivity index (χ1n) is 7.62. The molecule has 0 atom stereocenters. The lowest BCUT2D eigenvalue weighted by atomic mass is 9.89. The Morgan fingerprint density at radius 2 is 2.05 bits per heavy atom. The van der Waals surface area contributed by atoms with Gasteiger partial charge in [-0.2, -0.15) is 0 Å². The molecule has 0 aliphatic heterocycles. The van der Waals surface area contributed by atoms with Crippen LogP contribution < -0.4 is 10.3 Å². The van der Waals surface area contributed by atoms with Gasteiger partial charge in [0.15, 0.2) is 5.75 Å². The monoisotopic (exact) mass is 293 g/mol. The van der Waals surface area contributed by atoms with Gasteiger partial charge in [-0.15, -0.1) is 0 Å². The Hall–Kier alpha value is -1.78. The lowest BCUT2D eigenvalue weighted by Gasteiger charge is -2.26. The highest BCUT2D eigenvalue weighted by Gasteiger charge is 2.21. The predicted octanol–water partition coefficient (Wildman–Crippen LogP) is 2.37. The van der Waals surface area contributed by atoms with Crippen molar-refractivity contribution in [3.63, 3.8) is 0 Å². The van der Waals surface area contributed by atoms with E-state index in [-0.39, 0.29) is 29.9 Å². The van der Waals surface area contributed by atoms with Crippen molar-refractivity contribution >= 4 is 5.97 Å². The van der Waals surface area contributed by atoms with Gasteiger partial charge in [0, 0.05) is 6.20 Å². The number of carbonyl (C=O) groups excluding carboxylic acids is 1. The van der Waals surface area contributed by atoms with Crippen LogP contribution in [0.5, 0.6) is 5.75 Å². The van der Waals surface area contributed by atoms with E-state index < -0.39 is 0 Å². The number of hydrogen-bond donors (Lipinski definition) is 0. The first-order chi connectivity index (χ1) is 10.1.